The van der Waals surface area contributed by atoms with E-state index < -0.39 is 11.9 Å². The molecule has 188 valence electrons. The van der Waals surface area contributed by atoms with Crippen LogP contribution in [0.25, 0.3) is 0 Å². The average molecular weight is 527 g/mol. The number of hydrogen-bond donors (Lipinski definition) is 1. The number of rotatable bonds is 6. The summed E-state index contributed by atoms with van der Waals surface area (Å²) in [6.45, 7) is 0.250. The predicted octanol–water partition coefficient (Wildman–Crippen LogP) is 6.50. The van der Waals surface area contributed by atoms with E-state index in [2.05, 4.69) is 6.07 Å². The Morgan fingerprint density at radius 1 is 1.00 bits per heavy atom. The minimum absolute atomic E-state index is 0.0381. The average Bonchev–Trinajstić information content (AvgIpc) is 2.92. The minimum Gasteiger partial charge on any atom is -0.489 e. The topological polar surface area (TPSA) is 94.6 Å². The summed E-state index contributed by atoms with van der Waals surface area (Å²) in [5.41, 5.74) is 8.97. The standard InChI is InChI=1S/C30H20ClFN2O4/c31-21-8-6-19(7-9-21)30(35)37-24-12-13-25-27(15-24)38-29(34)26(16-33)28(25)20-2-1-3-23(14-20)36-17-18-4-10-22(32)11-5-18/h1-15,28H,17,34H2. The number of ether oxygens (including phenoxy) is 3. The van der Waals surface area contributed by atoms with Gasteiger partial charge in [-0.2, -0.15) is 5.26 Å². The highest BCUT2D eigenvalue weighted by Gasteiger charge is 2.31. The van der Waals surface area contributed by atoms with Crippen molar-refractivity contribution in [3.63, 3.8) is 0 Å². The van der Waals surface area contributed by atoms with Crippen LogP contribution >= 0.6 is 11.6 Å². The first-order valence-electron chi connectivity index (χ1n) is 11.6. The van der Waals surface area contributed by atoms with Crippen LogP contribution in [-0.2, 0) is 6.61 Å². The van der Waals surface area contributed by atoms with E-state index >= 15 is 0 Å². The molecular weight excluding hydrogens is 507 g/mol. The molecule has 8 heteroatoms. The second kappa shape index (κ2) is 10.7. The molecule has 0 spiro atoms. The number of esters is 1. The van der Waals surface area contributed by atoms with Gasteiger partial charge in [0, 0.05) is 16.7 Å². The first-order chi connectivity index (χ1) is 18.4. The van der Waals surface area contributed by atoms with Gasteiger partial charge >= 0.3 is 5.97 Å². The number of nitrogens with zero attached hydrogens (tertiary/aromatic N) is 1. The lowest BCUT2D eigenvalue weighted by Crippen LogP contribution is -2.21. The maximum Gasteiger partial charge on any atom is 0.343 e. The molecule has 1 unspecified atom stereocenters. The zero-order valence-corrected chi connectivity index (χ0v) is 20.6. The molecule has 5 rings (SSSR count). The molecule has 6 nitrogen and oxygen atoms in total. The van der Waals surface area contributed by atoms with Crippen LogP contribution in [0.15, 0.2) is 102 Å². The summed E-state index contributed by atoms with van der Waals surface area (Å²) in [4.78, 5) is 12.5. The summed E-state index contributed by atoms with van der Waals surface area (Å²) in [5, 5.41) is 10.4. The molecule has 0 fully saturated rings. The fourth-order valence-electron chi connectivity index (χ4n) is 4.13. The van der Waals surface area contributed by atoms with E-state index in [1.165, 1.54) is 12.1 Å². The highest BCUT2D eigenvalue weighted by atomic mass is 35.5. The van der Waals surface area contributed by atoms with Crippen molar-refractivity contribution in [2.45, 2.75) is 12.5 Å². The quantitative estimate of drug-likeness (QED) is 0.228. The smallest absolute Gasteiger partial charge is 0.343 e. The van der Waals surface area contributed by atoms with Crippen molar-refractivity contribution in [1.29, 1.82) is 5.26 Å². The van der Waals surface area contributed by atoms with E-state index in [-0.39, 0.29) is 29.6 Å². The second-order valence-corrected chi connectivity index (χ2v) is 8.94. The minimum atomic E-state index is -0.554. The van der Waals surface area contributed by atoms with Crippen molar-refractivity contribution >= 4 is 17.6 Å². The summed E-state index contributed by atoms with van der Waals surface area (Å²) in [7, 11) is 0. The molecule has 4 aromatic rings. The zero-order chi connectivity index (χ0) is 26.6. The van der Waals surface area contributed by atoms with Gasteiger partial charge in [-0.1, -0.05) is 41.9 Å². The summed E-state index contributed by atoms with van der Waals surface area (Å²) < 4.78 is 30.3. The molecule has 1 heterocycles. The predicted molar refractivity (Wildman–Crippen MR) is 139 cm³/mol. The molecule has 1 atom stereocenters. The Bertz CT molecular complexity index is 1580. The van der Waals surface area contributed by atoms with E-state index in [0.717, 1.165) is 11.1 Å². The zero-order valence-electron chi connectivity index (χ0n) is 19.9. The highest BCUT2D eigenvalue weighted by Crippen LogP contribution is 2.44. The van der Waals surface area contributed by atoms with Crippen LogP contribution in [0.4, 0.5) is 4.39 Å². The normalized spacial score (nSPS) is 14.2. The molecule has 4 aromatic carbocycles. The van der Waals surface area contributed by atoms with Gasteiger partial charge in [0.25, 0.3) is 0 Å². The van der Waals surface area contributed by atoms with Crippen molar-refractivity contribution in [3.05, 3.63) is 136 Å². The van der Waals surface area contributed by atoms with Crippen molar-refractivity contribution in [2.24, 2.45) is 5.73 Å². The van der Waals surface area contributed by atoms with Gasteiger partial charge < -0.3 is 19.9 Å². The van der Waals surface area contributed by atoms with Crippen molar-refractivity contribution in [1.82, 2.24) is 0 Å². The third kappa shape index (κ3) is 5.31. The Labute approximate surface area is 223 Å². The molecule has 0 bridgehead atoms. The summed E-state index contributed by atoms with van der Waals surface area (Å²) >= 11 is 5.89. The Hall–Kier alpha value is -4.80. The summed E-state index contributed by atoms with van der Waals surface area (Å²) in [5.74, 6) is -0.240. The highest BCUT2D eigenvalue weighted by molar-refractivity contribution is 6.30. The third-order valence-electron chi connectivity index (χ3n) is 5.99. The largest absolute Gasteiger partial charge is 0.489 e. The lowest BCUT2D eigenvalue weighted by molar-refractivity contribution is 0.0734. The SMILES string of the molecule is N#CC1=C(N)Oc2cc(OC(=O)c3ccc(Cl)cc3)ccc2C1c1cccc(OCc2ccc(F)cc2)c1. The van der Waals surface area contributed by atoms with Crippen molar-refractivity contribution < 1.29 is 23.4 Å². The molecule has 0 aliphatic carbocycles. The number of benzene rings is 4. The molecule has 0 saturated heterocycles. The Morgan fingerprint density at radius 3 is 2.50 bits per heavy atom. The van der Waals surface area contributed by atoms with Crippen molar-refractivity contribution in [3.8, 4) is 23.3 Å². The van der Waals surface area contributed by atoms with E-state index in [1.807, 2.05) is 18.2 Å². The van der Waals surface area contributed by atoms with E-state index in [9.17, 15) is 14.4 Å². The molecular formula is C30H20ClFN2O4. The van der Waals surface area contributed by atoms with Crippen LogP contribution in [0.2, 0.25) is 5.02 Å². The Morgan fingerprint density at radius 2 is 1.76 bits per heavy atom. The van der Waals surface area contributed by atoms with Crippen LogP contribution in [0.5, 0.6) is 17.2 Å². The fraction of sp³-hybridized carbons (Fsp3) is 0.0667. The fourth-order valence-corrected chi connectivity index (χ4v) is 4.25. The number of halogens is 2. The molecule has 38 heavy (non-hydrogen) atoms. The van der Waals surface area contributed by atoms with Gasteiger partial charge in [-0.3, -0.25) is 0 Å². The molecule has 2 N–H and O–H groups in total. The maximum absolute atomic E-state index is 13.2. The summed E-state index contributed by atoms with van der Waals surface area (Å²) in [6.07, 6.45) is 0. The molecule has 1 aliphatic rings. The molecule has 0 aromatic heterocycles. The van der Waals surface area contributed by atoms with E-state index in [4.69, 9.17) is 31.5 Å². The van der Waals surface area contributed by atoms with Crippen LogP contribution in [0, 0.1) is 17.1 Å². The maximum atomic E-state index is 13.2. The van der Waals surface area contributed by atoms with Gasteiger partial charge in [0.15, 0.2) is 0 Å². The van der Waals surface area contributed by atoms with E-state index in [1.54, 1.807) is 60.7 Å². The first-order valence-corrected chi connectivity index (χ1v) is 12.0. The molecule has 0 saturated carbocycles. The molecule has 1 aliphatic heterocycles. The number of nitrogens with two attached hydrogens (primary N) is 1. The lowest BCUT2D eigenvalue weighted by Gasteiger charge is -2.27. The number of carbonyl (C=O) groups is 1. The van der Waals surface area contributed by atoms with Crippen LogP contribution in [0.3, 0.4) is 0 Å². The van der Waals surface area contributed by atoms with Gasteiger partial charge in [-0.15, -0.1) is 0 Å². The first kappa shape index (κ1) is 24.9. The number of nitriles is 1. The number of allylic oxidation sites excluding steroid dienone is 1. The monoisotopic (exact) mass is 526 g/mol. The number of carbonyl (C=O) groups excluding carboxylic acids is 1. The molecule has 0 amide bonds. The van der Waals surface area contributed by atoms with Gasteiger partial charge in [-0.25, -0.2) is 9.18 Å². The molecule has 0 radical (unpaired) electrons. The number of hydrogen-bond acceptors (Lipinski definition) is 6. The number of fused-ring (bicyclic) bond motifs is 1. The van der Waals surface area contributed by atoms with Crippen LogP contribution in [0.1, 0.15) is 33.0 Å². The van der Waals surface area contributed by atoms with Gasteiger partial charge in [0.1, 0.15) is 41.3 Å². The summed E-state index contributed by atoms with van der Waals surface area (Å²) in [6, 6.07) is 26.8. The van der Waals surface area contributed by atoms with Crippen molar-refractivity contribution in [2.75, 3.05) is 0 Å². The Balaban J connectivity index is 1.41. The third-order valence-corrected chi connectivity index (χ3v) is 6.24. The van der Waals surface area contributed by atoms with Crippen LogP contribution < -0.4 is 19.9 Å². The van der Waals surface area contributed by atoms with Gasteiger partial charge in [0.2, 0.25) is 5.88 Å². The van der Waals surface area contributed by atoms with Gasteiger partial charge in [-0.05, 0) is 65.7 Å². The van der Waals surface area contributed by atoms with Gasteiger partial charge in [0.05, 0.1) is 11.5 Å². The van der Waals surface area contributed by atoms with Crippen LogP contribution in [-0.4, -0.2) is 5.97 Å². The second-order valence-electron chi connectivity index (χ2n) is 8.51. The lowest BCUT2D eigenvalue weighted by atomic mass is 9.83. The Kier molecular flexibility index (Phi) is 6.98. The van der Waals surface area contributed by atoms with E-state index in [0.29, 0.717) is 27.6 Å².